The standard InChI is InChI=1S/C30H37N7O2S/c1-23-6-17-40-26(23)19-36-15-16-39-30(22-36)7-13-35(14-8-30)18-24-2-4-25(5-3-24)29(38)37(20-27-31-9-10-32-27)21-28-33-11-12-34-28/h2-6,9-12,17H,7-8,13-16,18-22H2,1H3,(H,31,32)(H,33,34). The maximum atomic E-state index is 13.4. The van der Waals surface area contributed by atoms with Crippen molar-refractivity contribution in [3.8, 4) is 0 Å². The maximum absolute atomic E-state index is 13.4. The van der Waals surface area contributed by atoms with Gasteiger partial charge in [0.15, 0.2) is 0 Å². The summed E-state index contributed by atoms with van der Waals surface area (Å²) in [5.74, 6) is 1.44. The molecule has 40 heavy (non-hydrogen) atoms. The van der Waals surface area contributed by atoms with Gasteiger partial charge >= 0.3 is 0 Å². The molecule has 2 fully saturated rings. The van der Waals surface area contributed by atoms with Gasteiger partial charge in [0.1, 0.15) is 11.6 Å². The number of thiophene rings is 1. The number of carbonyl (C=O) groups excluding carboxylic acids is 1. The van der Waals surface area contributed by atoms with E-state index in [4.69, 9.17) is 4.74 Å². The predicted molar refractivity (Wildman–Crippen MR) is 155 cm³/mol. The van der Waals surface area contributed by atoms with E-state index in [2.05, 4.69) is 60.2 Å². The van der Waals surface area contributed by atoms with Crippen LogP contribution in [0.2, 0.25) is 0 Å². The van der Waals surface area contributed by atoms with E-state index in [1.54, 1.807) is 29.7 Å². The van der Waals surface area contributed by atoms with E-state index in [0.717, 1.165) is 70.4 Å². The van der Waals surface area contributed by atoms with E-state index in [1.165, 1.54) is 16.0 Å². The van der Waals surface area contributed by atoms with Crippen molar-refractivity contribution in [2.75, 3.05) is 32.8 Å². The third kappa shape index (κ3) is 6.36. The van der Waals surface area contributed by atoms with Crippen LogP contribution >= 0.6 is 11.3 Å². The zero-order valence-electron chi connectivity index (χ0n) is 23.0. The van der Waals surface area contributed by atoms with Crippen LogP contribution in [0.1, 0.15) is 50.9 Å². The Morgan fingerprint density at radius 2 is 1.68 bits per heavy atom. The van der Waals surface area contributed by atoms with Crippen LogP contribution < -0.4 is 0 Å². The van der Waals surface area contributed by atoms with Crippen molar-refractivity contribution in [1.29, 1.82) is 0 Å². The Hall–Kier alpha value is -3.31. The maximum Gasteiger partial charge on any atom is 0.254 e. The number of benzene rings is 1. The van der Waals surface area contributed by atoms with Crippen LogP contribution in [0.25, 0.3) is 0 Å². The topological polar surface area (TPSA) is 93.4 Å². The number of hydrogen-bond donors (Lipinski definition) is 2. The minimum absolute atomic E-state index is 0.0262. The molecule has 0 atom stereocenters. The lowest BCUT2D eigenvalue weighted by Crippen LogP contribution is -2.56. The van der Waals surface area contributed by atoms with Crippen molar-refractivity contribution in [3.63, 3.8) is 0 Å². The number of amides is 1. The smallest absolute Gasteiger partial charge is 0.254 e. The van der Waals surface area contributed by atoms with Crippen molar-refractivity contribution in [1.82, 2.24) is 34.6 Å². The van der Waals surface area contributed by atoms with E-state index >= 15 is 0 Å². The Kier molecular flexibility index (Phi) is 8.10. The number of H-pyrrole nitrogens is 2. The average Bonchev–Trinajstić information content (AvgIpc) is 3.75. The molecule has 0 saturated carbocycles. The molecular formula is C30H37N7O2S. The largest absolute Gasteiger partial charge is 0.372 e. The van der Waals surface area contributed by atoms with Crippen molar-refractivity contribution in [3.05, 3.63) is 93.7 Å². The molecule has 2 N–H and O–H groups in total. The van der Waals surface area contributed by atoms with E-state index in [1.807, 2.05) is 23.5 Å². The van der Waals surface area contributed by atoms with Crippen molar-refractivity contribution < 1.29 is 9.53 Å². The number of aromatic amines is 2. The first-order valence-electron chi connectivity index (χ1n) is 14.0. The van der Waals surface area contributed by atoms with Gasteiger partial charge in [-0.1, -0.05) is 12.1 Å². The number of nitrogens with zero attached hydrogens (tertiary/aromatic N) is 5. The van der Waals surface area contributed by atoms with Crippen molar-refractivity contribution >= 4 is 17.2 Å². The van der Waals surface area contributed by atoms with Gasteiger partial charge in [-0.2, -0.15) is 0 Å². The first-order chi connectivity index (χ1) is 19.6. The van der Waals surface area contributed by atoms with Crippen LogP contribution in [-0.2, 0) is 30.9 Å². The van der Waals surface area contributed by atoms with E-state index in [9.17, 15) is 4.79 Å². The number of imidazole rings is 2. The van der Waals surface area contributed by atoms with Gasteiger partial charge in [0.2, 0.25) is 0 Å². The second-order valence-electron chi connectivity index (χ2n) is 11.0. The number of piperidine rings is 1. The number of nitrogens with one attached hydrogen (secondary N) is 2. The number of hydrogen-bond acceptors (Lipinski definition) is 7. The summed E-state index contributed by atoms with van der Waals surface area (Å²) in [6.07, 6.45) is 9.04. The summed E-state index contributed by atoms with van der Waals surface area (Å²) in [4.78, 5) is 36.5. The highest BCUT2D eigenvalue weighted by atomic mass is 32.1. The Morgan fingerprint density at radius 3 is 2.27 bits per heavy atom. The summed E-state index contributed by atoms with van der Waals surface area (Å²) in [7, 11) is 0. The first kappa shape index (κ1) is 26.9. The van der Waals surface area contributed by atoms with Crippen LogP contribution in [0.15, 0.2) is 60.5 Å². The van der Waals surface area contributed by atoms with E-state index in [-0.39, 0.29) is 11.5 Å². The molecule has 4 aromatic rings. The van der Waals surface area contributed by atoms with Crippen LogP contribution in [0.4, 0.5) is 0 Å². The van der Waals surface area contributed by atoms with Gasteiger partial charge in [-0.25, -0.2) is 9.97 Å². The minimum Gasteiger partial charge on any atom is -0.372 e. The fourth-order valence-electron chi connectivity index (χ4n) is 5.77. The molecule has 2 aliphatic rings. The normalized spacial score (nSPS) is 17.8. The Balaban J connectivity index is 1.03. The van der Waals surface area contributed by atoms with Crippen molar-refractivity contribution in [2.24, 2.45) is 0 Å². The highest BCUT2D eigenvalue weighted by Crippen LogP contribution is 2.32. The molecule has 9 nitrogen and oxygen atoms in total. The summed E-state index contributed by atoms with van der Waals surface area (Å²) in [5, 5.41) is 2.19. The zero-order chi connectivity index (χ0) is 27.4. The Morgan fingerprint density at radius 1 is 0.975 bits per heavy atom. The molecule has 1 spiro atoms. The number of likely N-dealkylation sites (tertiary alicyclic amines) is 1. The van der Waals surface area contributed by atoms with Gasteiger partial charge in [-0.3, -0.25) is 14.6 Å². The lowest BCUT2D eigenvalue weighted by Gasteiger charge is -2.47. The van der Waals surface area contributed by atoms with E-state index < -0.39 is 0 Å². The number of aromatic nitrogens is 4. The second kappa shape index (κ2) is 12.1. The molecule has 0 unspecified atom stereocenters. The first-order valence-corrected chi connectivity index (χ1v) is 14.9. The number of morpholine rings is 1. The highest BCUT2D eigenvalue weighted by molar-refractivity contribution is 7.10. The fraction of sp³-hybridized carbons (Fsp3) is 0.433. The van der Waals surface area contributed by atoms with Gasteiger partial charge in [0.25, 0.3) is 5.91 Å². The summed E-state index contributed by atoms with van der Waals surface area (Å²) >= 11 is 1.86. The molecule has 210 valence electrons. The highest BCUT2D eigenvalue weighted by Gasteiger charge is 2.39. The monoisotopic (exact) mass is 559 g/mol. The molecule has 1 aromatic carbocycles. The molecule has 2 aliphatic heterocycles. The Labute approximate surface area is 239 Å². The molecule has 2 saturated heterocycles. The molecular weight excluding hydrogens is 522 g/mol. The van der Waals surface area contributed by atoms with Crippen LogP contribution in [-0.4, -0.2) is 78.9 Å². The summed E-state index contributed by atoms with van der Waals surface area (Å²) in [5.41, 5.74) is 3.25. The van der Waals surface area contributed by atoms with Crippen LogP contribution in [0.5, 0.6) is 0 Å². The van der Waals surface area contributed by atoms with Gasteiger partial charge in [0.05, 0.1) is 25.3 Å². The second-order valence-corrected chi connectivity index (χ2v) is 12.0. The minimum atomic E-state index is -0.0454. The van der Waals surface area contributed by atoms with Crippen molar-refractivity contribution in [2.45, 2.75) is 51.5 Å². The quantitative estimate of drug-likeness (QED) is 0.319. The van der Waals surface area contributed by atoms with Gasteiger partial charge in [-0.05, 0) is 54.5 Å². The average molecular weight is 560 g/mol. The summed E-state index contributed by atoms with van der Waals surface area (Å²) in [6, 6.07) is 10.3. The molecule has 6 rings (SSSR count). The number of ether oxygens (including phenoxy) is 1. The van der Waals surface area contributed by atoms with E-state index in [0.29, 0.717) is 18.7 Å². The molecule has 5 heterocycles. The Bertz CT molecular complexity index is 1320. The summed E-state index contributed by atoms with van der Waals surface area (Å²) in [6.45, 7) is 9.77. The number of aryl methyl sites for hydroxylation is 1. The molecule has 3 aromatic heterocycles. The summed E-state index contributed by atoms with van der Waals surface area (Å²) < 4.78 is 6.40. The third-order valence-corrected chi connectivity index (χ3v) is 9.12. The SMILES string of the molecule is Cc1ccsc1CN1CCOC2(CCN(Cc3ccc(C(=O)N(Cc4ncc[nH]4)Cc4ncc[nH]4)cc3)CC2)C1. The molecule has 0 aliphatic carbocycles. The third-order valence-electron chi connectivity index (χ3n) is 8.12. The molecule has 0 radical (unpaired) electrons. The van der Waals surface area contributed by atoms with Crippen LogP contribution in [0, 0.1) is 6.92 Å². The van der Waals surface area contributed by atoms with Gasteiger partial charge in [-0.15, -0.1) is 11.3 Å². The lowest BCUT2D eigenvalue weighted by molar-refractivity contribution is -0.138. The lowest BCUT2D eigenvalue weighted by atomic mass is 9.89. The molecule has 10 heteroatoms. The predicted octanol–water partition coefficient (Wildman–Crippen LogP) is 4.21. The van der Waals surface area contributed by atoms with Gasteiger partial charge in [0, 0.05) is 74.5 Å². The van der Waals surface area contributed by atoms with Crippen LogP contribution in [0.3, 0.4) is 0 Å². The number of rotatable bonds is 9. The molecule has 1 amide bonds. The zero-order valence-corrected chi connectivity index (χ0v) is 23.8. The van der Waals surface area contributed by atoms with Gasteiger partial charge < -0.3 is 19.6 Å². The number of carbonyl (C=O) groups is 1. The molecule has 0 bridgehead atoms. The fourth-order valence-corrected chi connectivity index (χ4v) is 6.72.